The van der Waals surface area contributed by atoms with Gasteiger partial charge in [0.1, 0.15) is 5.76 Å². The van der Waals surface area contributed by atoms with Gasteiger partial charge < -0.3 is 5.11 Å². The zero-order chi connectivity index (χ0) is 16.1. The van der Waals surface area contributed by atoms with Gasteiger partial charge in [0.25, 0.3) is 5.69 Å². The first kappa shape index (κ1) is 15.9. The number of carbonyl (C=O) groups excluding carboxylic acids is 1. The van der Waals surface area contributed by atoms with E-state index in [-0.39, 0.29) is 17.2 Å². The minimum absolute atomic E-state index is 0.0488. The van der Waals surface area contributed by atoms with E-state index in [1.54, 1.807) is 12.1 Å². The fraction of sp³-hybridized carbons (Fsp3) is 0.375. The first-order valence-corrected chi connectivity index (χ1v) is 7.30. The Hall–Kier alpha value is -2.50. The lowest BCUT2D eigenvalue weighted by molar-refractivity contribution is -0.384. The number of nitro groups is 1. The summed E-state index contributed by atoms with van der Waals surface area (Å²) in [5.74, 6) is -0.0437. The molecule has 2 rings (SSSR count). The third-order valence-electron chi connectivity index (χ3n) is 3.46. The van der Waals surface area contributed by atoms with E-state index in [4.69, 9.17) is 0 Å². The molecule has 0 bridgehead atoms. The SMILES string of the molecule is CCC/C(O)=C1\C(=O)CCCC1=Nc1cccc([N+](=O)[O-])c1. The van der Waals surface area contributed by atoms with Crippen molar-refractivity contribution in [1.82, 2.24) is 0 Å². The van der Waals surface area contributed by atoms with Gasteiger partial charge >= 0.3 is 0 Å². The van der Waals surface area contributed by atoms with Crippen LogP contribution < -0.4 is 0 Å². The third kappa shape index (κ3) is 3.58. The van der Waals surface area contributed by atoms with Crippen LogP contribution in [0.2, 0.25) is 0 Å². The van der Waals surface area contributed by atoms with Crippen LogP contribution in [0.25, 0.3) is 0 Å². The van der Waals surface area contributed by atoms with Gasteiger partial charge in [0, 0.05) is 25.0 Å². The molecule has 1 fully saturated rings. The van der Waals surface area contributed by atoms with Crippen LogP contribution in [0.1, 0.15) is 39.0 Å². The maximum Gasteiger partial charge on any atom is 0.271 e. The van der Waals surface area contributed by atoms with Crippen LogP contribution in [0.3, 0.4) is 0 Å². The first-order valence-electron chi connectivity index (χ1n) is 7.30. The monoisotopic (exact) mass is 302 g/mol. The van der Waals surface area contributed by atoms with Crippen LogP contribution in [-0.2, 0) is 4.79 Å². The number of aliphatic hydroxyl groups is 1. The van der Waals surface area contributed by atoms with E-state index in [9.17, 15) is 20.0 Å². The molecular weight excluding hydrogens is 284 g/mol. The van der Waals surface area contributed by atoms with Crippen molar-refractivity contribution in [3.8, 4) is 0 Å². The second-order valence-corrected chi connectivity index (χ2v) is 5.18. The summed E-state index contributed by atoms with van der Waals surface area (Å²) in [6.45, 7) is 1.92. The van der Waals surface area contributed by atoms with E-state index in [0.717, 1.165) is 6.42 Å². The van der Waals surface area contributed by atoms with Gasteiger partial charge in [0.2, 0.25) is 0 Å². The molecular formula is C16H18N2O4. The summed E-state index contributed by atoms with van der Waals surface area (Å²) >= 11 is 0. The highest BCUT2D eigenvalue weighted by Gasteiger charge is 2.25. The van der Waals surface area contributed by atoms with Crippen LogP contribution in [0.15, 0.2) is 40.6 Å². The van der Waals surface area contributed by atoms with Crippen molar-refractivity contribution in [2.75, 3.05) is 0 Å². The smallest absolute Gasteiger partial charge is 0.271 e. The number of carbonyl (C=O) groups is 1. The molecule has 1 aliphatic rings. The average molecular weight is 302 g/mol. The molecule has 0 unspecified atom stereocenters. The number of allylic oxidation sites excluding steroid dienone is 2. The Bertz CT molecular complexity index is 662. The molecule has 0 spiro atoms. The summed E-state index contributed by atoms with van der Waals surface area (Å²) in [6, 6.07) is 5.95. The van der Waals surface area contributed by atoms with Gasteiger partial charge in [-0.1, -0.05) is 13.0 Å². The molecule has 0 heterocycles. The Kier molecular flexibility index (Phi) is 5.04. The Labute approximate surface area is 128 Å². The molecule has 1 aromatic carbocycles. The van der Waals surface area contributed by atoms with Crippen molar-refractivity contribution in [2.24, 2.45) is 4.99 Å². The number of nitro benzene ring substituents is 1. The number of hydrogen-bond acceptors (Lipinski definition) is 5. The molecule has 0 atom stereocenters. The van der Waals surface area contributed by atoms with Crippen molar-refractivity contribution in [3.05, 3.63) is 45.7 Å². The minimum atomic E-state index is -0.485. The molecule has 0 radical (unpaired) electrons. The minimum Gasteiger partial charge on any atom is -0.511 e. The fourth-order valence-electron chi connectivity index (χ4n) is 2.46. The summed E-state index contributed by atoms with van der Waals surface area (Å²) in [4.78, 5) is 26.8. The van der Waals surface area contributed by atoms with Crippen LogP contribution >= 0.6 is 0 Å². The number of Topliss-reactive ketones (excluding diaryl/α,β-unsaturated/α-hetero) is 1. The van der Waals surface area contributed by atoms with Crippen LogP contribution in [0, 0.1) is 10.1 Å². The maximum atomic E-state index is 12.1. The number of non-ortho nitro benzene ring substituents is 1. The molecule has 22 heavy (non-hydrogen) atoms. The first-order chi connectivity index (χ1) is 10.5. The molecule has 116 valence electrons. The van der Waals surface area contributed by atoms with Crippen molar-refractivity contribution in [2.45, 2.75) is 39.0 Å². The summed E-state index contributed by atoms with van der Waals surface area (Å²) in [5, 5.41) is 20.9. The van der Waals surface area contributed by atoms with Crippen molar-refractivity contribution in [1.29, 1.82) is 0 Å². The maximum absolute atomic E-state index is 12.1. The van der Waals surface area contributed by atoms with Gasteiger partial charge in [-0.2, -0.15) is 0 Å². The Morgan fingerprint density at radius 2 is 2.18 bits per heavy atom. The zero-order valence-electron chi connectivity index (χ0n) is 12.4. The van der Waals surface area contributed by atoms with Crippen molar-refractivity contribution in [3.63, 3.8) is 0 Å². The molecule has 6 nitrogen and oxygen atoms in total. The Morgan fingerprint density at radius 3 is 2.86 bits per heavy atom. The van der Waals surface area contributed by atoms with Crippen molar-refractivity contribution >= 4 is 22.9 Å². The topological polar surface area (TPSA) is 92.8 Å². The summed E-state index contributed by atoms with van der Waals surface area (Å²) in [5.41, 5.74) is 1.18. The fourth-order valence-corrected chi connectivity index (χ4v) is 2.46. The highest BCUT2D eigenvalue weighted by atomic mass is 16.6. The molecule has 1 saturated carbocycles. The molecule has 1 N–H and O–H groups in total. The molecule has 1 aliphatic carbocycles. The van der Waals surface area contributed by atoms with Crippen LogP contribution in [0.4, 0.5) is 11.4 Å². The van der Waals surface area contributed by atoms with Crippen molar-refractivity contribution < 1.29 is 14.8 Å². The lowest BCUT2D eigenvalue weighted by Crippen LogP contribution is -2.21. The predicted octanol–water partition coefficient (Wildman–Crippen LogP) is 4.03. The van der Waals surface area contributed by atoms with Gasteiger partial charge in [-0.3, -0.25) is 19.9 Å². The number of aliphatic imine (C=N–C) groups is 1. The second-order valence-electron chi connectivity index (χ2n) is 5.18. The Balaban J connectivity index is 2.43. The molecule has 0 saturated heterocycles. The highest BCUT2D eigenvalue weighted by Crippen LogP contribution is 2.27. The van der Waals surface area contributed by atoms with Gasteiger partial charge in [0.15, 0.2) is 5.78 Å². The summed E-state index contributed by atoms with van der Waals surface area (Å²) in [7, 11) is 0. The highest BCUT2D eigenvalue weighted by molar-refractivity contribution is 6.24. The second kappa shape index (κ2) is 6.98. The molecule has 1 aromatic rings. The van der Waals surface area contributed by atoms with Gasteiger partial charge in [-0.05, 0) is 25.3 Å². The quantitative estimate of drug-likeness (QED) is 0.393. The normalized spacial score (nSPS) is 19.3. The molecule has 0 aromatic heterocycles. The van der Waals surface area contributed by atoms with Crippen LogP contribution in [-0.4, -0.2) is 21.5 Å². The number of nitrogens with zero attached hydrogens (tertiary/aromatic N) is 2. The third-order valence-corrected chi connectivity index (χ3v) is 3.46. The molecule has 0 aliphatic heterocycles. The number of benzene rings is 1. The lowest BCUT2D eigenvalue weighted by atomic mass is 9.89. The Morgan fingerprint density at radius 1 is 1.41 bits per heavy atom. The average Bonchev–Trinajstić information content (AvgIpc) is 2.47. The van der Waals surface area contributed by atoms with Gasteiger partial charge in [-0.25, -0.2) is 0 Å². The number of ketones is 1. The van der Waals surface area contributed by atoms with E-state index in [1.807, 2.05) is 6.92 Å². The van der Waals surface area contributed by atoms with E-state index < -0.39 is 4.92 Å². The summed E-state index contributed by atoms with van der Waals surface area (Å²) in [6.07, 6.45) is 2.81. The van der Waals surface area contributed by atoms with Gasteiger partial charge in [0.05, 0.1) is 21.9 Å². The largest absolute Gasteiger partial charge is 0.511 e. The number of rotatable bonds is 4. The number of aliphatic hydroxyl groups excluding tert-OH is 1. The zero-order valence-corrected chi connectivity index (χ0v) is 12.4. The van der Waals surface area contributed by atoms with E-state index in [0.29, 0.717) is 42.7 Å². The predicted molar refractivity (Wildman–Crippen MR) is 83.6 cm³/mol. The molecule has 0 amide bonds. The summed E-state index contributed by atoms with van der Waals surface area (Å²) < 4.78 is 0. The number of hydrogen-bond donors (Lipinski definition) is 1. The lowest BCUT2D eigenvalue weighted by Gasteiger charge is -2.17. The van der Waals surface area contributed by atoms with E-state index in [1.165, 1.54) is 12.1 Å². The van der Waals surface area contributed by atoms with Gasteiger partial charge in [-0.15, -0.1) is 0 Å². The molecule has 6 heteroatoms. The van der Waals surface area contributed by atoms with E-state index >= 15 is 0 Å². The standard InChI is InChI=1S/C16H18N2O4/c1-2-5-14(19)16-13(8-4-9-15(16)20)17-11-6-3-7-12(10-11)18(21)22/h3,6-7,10,19H,2,4-5,8-9H2,1H3/b16-14+,17-13?. The van der Waals surface area contributed by atoms with Crippen LogP contribution in [0.5, 0.6) is 0 Å². The van der Waals surface area contributed by atoms with E-state index in [2.05, 4.69) is 4.99 Å².